The van der Waals surface area contributed by atoms with Gasteiger partial charge in [-0.05, 0) is 30.0 Å². The first-order valence-corrected chi connectivity index (χ1v) is 9.10. The quantitative estimate of drug-likeness (QED) is 0.672. The summed E-state index contributed by atoms with van der Waals surface area (Å²) in [4.78, 5) is 41.0. The summed E-state index contributed by atoms with van der Waals surface area (Å²) in [5, 5.41) is 2.57. The minimum Gasteiger partial charge on any atom is -0.336 e. The van der Waals surface area contributed by atoms with Crippen LogP contribution in [0.3, 0.4) is 0 Å². The number of hydrogen-bond acceptors (Lipinski definition) is 3. The fraction of sp³-hybridized carbons (Fsp3) is 0.286. The maximum absolute atomic E-state index is 12.9. The molecule has 2 aromatic rings. The second-order valence-electron chi connectivity index (χ2n) is 6.96. The van der Waals surface area contributed by atoms with Crippen LogP contribution in [0.25, 0.3) is 0 Å². The molecule has 1 unspecified atom stereocenters. The van der Waals surface area contributed by atoms with E-state index in [1.54, 1.807) is 11.8 Å². The van der Waals surface area contributed by atoms with E-state index >= 15 is 0 Å². The van der Waals surface area contributed by atoms with Gasteiger partial charge in [-0.25, -0.2) is 4.79 Å². The van der Waals surface area contributed by atoms with Gasteiger partial charge in [-0.1, -0.05) is 54.6 Å². The monoisotopic (exact) mass is 363 g/mol. The summed E-state index contributed by atoms with van der Waals surface area (Å²) in [6.45, 7) is 2.80. The molecule has 1 fully saturated rings. The average Bonchev–Trinajstić information content (AvgIpc) is 3.01. The Bertz CT molecular complexity index is 897. The number of fused-ring (bicyclic) bond motifs is 1. The molecule has 4 rings (SSSR count). The third-order valence-corrected chi connectivity index (χ3v) is 5.33. The van der Waals surface area contributed by atoms with Crippen molar-refractivity contribution in [2.75, 3.05) is 6.54 Å². The van der Waals surface area contributed by atoms with Crippen LogP contribution in [0.5, 0.6) is 0 Å². The summed E-state index contributed by atoms with van der Waals surface area (Å²) in [5.74, 6) is -0.828. The molecule has 2 heterocycles. The van der Waals surface area contributed by atoms with Crippen LogP contribution in [0.1, 0.15) is 29.7 Å². The highest BCUT2D eigenvalue weighted by Crippen LogP contribution is 2.26. The minimum atomic E-state index is -1.14. The van der Waals surface area contributed by atoms with Gasteiger partial charge in [-0.2, -0.15) is 0 Å². The molecule has 6 heteroatoms. The topological polar surface area (TPSA) is 69.7 Å². The first-order valence-electron chi connectivity index (χ1n) is 9.10. The standard InChI is InChI=1S/C21H21N3O3/c1-14(15-7-3-2-4-8-15)24-20(26)18(22-21(24)27)19(25)23-12-11-16-9-5-6-10-17(16)13-23/h2-10,14,18H,11-13H2,1H3,(H,22,27)/t14-,18?/m1/s1. The predicted octanol–water partition coefficient (Wildman–Crippen LogP) is 2.25. The van der Waals surface area contributed by atoms with E-state index in [0.717, 1.165) is 22.4 Å². The Morgan fingerprint density at radius 3 is 2.44 bits per heavy atom. The van der Waals surface area contributed by atoms with E-state index in [1.165, 1.54) is 5.56 Å². The molecule has 1 saturated heterocycles. The van der Waals surface area contributed by atoms with Gasteiger partial charge in [0.15, 0.2) is 6.04 Å². The number of amides is 4. The summed E-state index contributed by atoms with van der Waals surface area (Å²) in [7, 11) is 0. The van der Waals surface area contributed by atoms with Crippen molar-refractivity contribution >= 4 is 17.8 Å². The van der Waals surface area contributed by atoms with Crippen LogP contribution in [0.15, 0.2) is 54.6 Å². The molecule has 2 atom stereocenters. The molecule has 0 radical (unpaired) electrons. The lowest BCUT2D eigenvalue weighted by molar-refractivity contribution is -0.141. The molecule has 0 spiro atoms. The zero-order chi connectivity index (χ0) is 19.0. The Kier molecular flexibility index (Phi) is 4.39. The van der Waals surface area contributed by atoms with Crippen LogP contribution in [-0.2, 0) is 22.6 Å². The van der Waals surface area contributed by atoms with E-state index in [0.29, 0.717) is 13.1 Å². The summed E-state index contributed by atoms with van der Waals surface area (Å²) < 4.78 is 0. The van der Waals surface area contributed by atoms with Crippen molar-refractivity contribution in [2.24, 2.45) is 0 Å². The molecule has 1 N–H and O–H groups in total. The number of hydrogen-bond donors (Lipinski definition) is 1. The average molecular weight is 363 g/mol. The SMILES string of the molecule is C[C@H](c1ccccc1)N1C(=O)NC(C(=O)N2CCc3ccccc3C2)C1=O. The van der Waals surface area contributed by atoms with Gasteiger partial charge in [0.2, 0.25) is 0 Å². The van der Waals surface area contributed by atoms with Crippen molar-refractivity contribution in [3.05, 3.63) is 71.3 Å². The zero-order valence-electron chi connectivity index (χ0n) is 15.1. The maximum atomic E-state index is 12.9. The Hall–Kier alpha value is -3.15. The van der Waals surface area contributed by atoms with Crippen LogP contribution >= 0.6 is 0 Å². The van der Waals surface area contributed by atoms with Gasteiger partial charge in [-0.15, -0.1) is 0 Å². The van der Waals surface area contributed by atoms with E-state index in [9.17, 15) is 14.4 Å². The first-order chi connectivity index (χ1) is 13.1. The van der Waals surface area contributed by atoms with Crippen molar-refractivity contribution in [3.63, 3.8) is 0 Å². The zero-order valence-corrected chi connectivity index (χ0v) is 15.1. The van der Waals surface area contributed by atoms with Crippen molar-refractivity contribution in [1.29, 1.82) is 0 Å². The lowest BCUT2D eigenvalue weighted by atomic mass is 9.99. The molecule has 0 aromatic heterocycles. The van der Waals surface area contributed by atoms with Gasteiger partial charge in [0.25, 0.3) is 11.8 Å². The third kappa shape index (κ3) is 3.07. The van der Waals surface area contributed by atoms with E-state index in [2.05, 4.69) is 11.4 Å². The number of nitrogens with zero attached hydrogens (tertiary/aromatic N) is 2. The van der Waals surface area contributed by atoms with Gasteiger partial charge in [0.05, 0.1) is 6.04 Å². The summed E-state index contributed by atoms with van der Waals surface area (Å²) >= 11 is 0. The number of rotatable bonds is 3. The molecule has 0 bridgehead atoms. The first kappa shape index (κ1) is 17.3. The van der Waals surface area contributed by atoms with Crippen LogP contribution in [-0.4, -0.2) is 40.2 Å². The Balaban J connectivity index is 1.51. The summed E-state index contributed by atoms with van der Waals surface area (Å²) in [6.07, 6.45) is 0.751. The van der Waals surface area contributed by atoms with Gasteiger partial charge >= 0.3 is 6.03 Å². The summed E-state index contributed by atoms with van der Waals surface area (Å²) in [6, 6.07) is 15.2. The Morgan fingerprint density at radius 1 is 1.04 bits per heavy atom. The van der Waals surface area contributed by atoms with E-state index < -0.39 is 24.0 Å². The van der Waals surface area contributed by atoms with Crippen LogP contribution in [0.4, 0.5) is 4.79 Å². The van der Waals surface area contributed by atoms with E-state index in [-0.39, 0.29) is 5.91 Å². The maximum Gasteiger partial charge on any atom is 0.325 e. The highest BCUT2D eigenvalue weighted by Gasteiger charge is 2.46. The van der Waals surface area contributed by atoms with E-state index in [1.807, 2.05) is 48.5 Å². The lowest BCUT2D eigenvalue weighted by Crippen LogP contribution is -2.49. The molecule has 6 nitrogen and oxygen atoms in total. The normalized spacial score (nSPS) is 20.3. The Labute approximate surface area is 157 Å². The van der Waals surface area contributed by atoms with Crippen LogP contribution in [0, 0.1) is 0 Å². The molecule has 27 heavy (non-hydrogen) atoms. The molecule has 138 valence electrons. The number of benzene rings is 2. The predicted molar refractivity (Wildman–Crippen MR) is 99.6 cm³/mol. The molecule has 2 aliphatic heterocycles. The van der Waals surface area contributed by atoms with Gasteiger partial charge < -0.3 is 10.2 Å². The summed E-state index contributed by atoms with van der Waals surface area (Å²) in [5.41, 5.74) is 3.16. The fourth-order valence-corrected chi connectivity index (χ4v) is 3.78. The third-order valence-electron chi connectivity index (χ3n) is 5.33. The second kappa shape index (κ2) is 6.87. The Morgan fingerprint density at radius 2 is 1.70 bits per heavy atom. The van der Waals surface area contributed by atoms with Gasteiger partial charge in [0, 0.05) is 13.1 Å². The fourth-order valence-electron chi connectivity index (χ4n) is 3.78. The number of urea groups is 1. The number of imide groups is 1. The largest absolute Gasteiger partial charge is 0.336 e. The molecular weight excluding hydrogens is 342 g/mol. The van der Waals surface area contributed by atoms with Crippen LogP contribution < -0.4 is 5.32 Å². The molecule has 0 saturated carbocycles. The lowest BCUT2D eigenvalue weighted by Gasteiger charge is -2.30. The molecule has 2 aromatic carbocycles. The smallest absolute Gasteiger partial charge is 0.325 e. The van der Waals surface area contributed by atoms with Gasteiger partial charge in [-0.3, -0.25) is 14.5 Å². The van der Waals surface area contributed by atoms with Crippen molar-refractivity contribution < 1.29 is 14.4 Å². The molecule has 0 aliphatic carbocycles. The molecule has 4 amide bonds. The highest BCUT2D eigenvalue weighted by atomic mass is 16.2. The van der Waals surface area contributed by atoms with Gasteiger partial charge in [0.1, 0.15) is 0 Å². The molecular formula is C21H21N3O3. The number of nitrogens with one attached hydrogen (secondary N) is 1. The van der Waals surface area contributed by atoms with Crippen molar-refractivity contribution in [3.8, 4) is 0 Å². The number of carbonyl (C=O) groups is 3. The van der Waals surface area contributed by atoms with Crippen molar-refractivity contribution in [2.45, 2.75) is 32.0 Å². The number of carbonyl (C=O) groups excluding carboxylic acids is 3. The molecule has 2 aliphatic rings. The minimum absolute atomic E-state index is 0.342. The highest BCUT2D eigenvalue weighted by molar-refractivity contribution is 6.16. The second-order valence-corrected chi connectivity index (χ2v) is 6.96. The van der Waals surface area contributed by atoms with Crippen molar-refractivity contribution in [1.82, 2.24) is 15.1 Å². The van der Waals surface area contributed by atoms with E-state index in [4.69, 9.17) is 0 Å². The van der Waals surface area contributed by atoms with Crippen LogP contribution in [0.2, 0.25) is 0 Å².